The van der Waals surface area contributed by atoms with Crippen LogP contribution in [0.25, 0.3) is 0 Å². The number of hydrazone groups is 1. The van der Waals surface area contributed by atoms with Crippen LogP contribution in [0.1, 0.15) is 11.1 Å². The molecule has 26 heavy (non-hydrogen) atoms. The number of anilines is 1. The molecule has 0 heterocycles. The third-order valence-electron chi connectivity index (χ3n) is 3.74. The highest BCUT2D eigenvalue weighted by Crippen LogP contribution is 2.27. The van der Waals surface area contributed by atoms with E-state index < -0.39 is 0 Å². The fourth-order valence-electron chi connectivity index (χ4n) is 2.38. The van der Waals surface area contributed by atoms with Crippen LogP contribution in [0, 0.1) is 0 Å². The molecule has 0 bridgehead atoms. The van der Waals surface area contributed by atoms with Crippen LogP contribution in [-0.2, 0) is 6.61 Å². The standard InChI is InChI=1S/C21H19ClN2O2/c1-25-21-12-11-18(13-20(21)22)24-23-14-16-7-5-6-8-17(16)15-26-19-9-3-2-4-10-19/h2-14,24H,15H2,1H3/b23-14+. The molecule has 3 aromatic rings. The highest BCUT2D eigenvalue weighted by Gasteiger charge is 2.02. The van der Waals surface area contributed by atoms with Gasteiger partial charge in [-0.2, -0.15) is 5.10 Å². The molecule has 1 N–H and O–H groups in total. The van der Waals surface area contributed by atoms with Gasteiger partial charge in [0.15, 0.2) is 0 Å². The zero-order valence-electron chi connectivity index (χ0n) is 14.4. The molecule has 0 spiro atoms. The molecule has 0 fully saturated rings. The van der Waals surface area contributed by atoms with Gasteiger partial charge in [-0.3, -0.25) is 5.43 Å². The van der Waals surface area contributed by atoms with Crippen LogP contribution in [-0.4, -0.2) is 13.3 Å². The van der Waals surface area contributed by atoms with Crippen molar-refractivity contribution in [2.24, 2.45) is 5.10 Å². The Hall–Kier alpha value is -2.98. The molecule has 5 heteroatoms. The maximum Gasteiger partial charge on any atom is 0.137 e. The lowest BCUT2D eigenvalue weighted by Crippen LogP contribution is -2.00. The van der Waals surface area contributed by atoms with E-state index in [1.54, 1.807) is 25.5 Å². The number of benzene rings is 3. The zero-order chi connectivity index (χ0) is 18.2. The highest BCUT2D eigenvalue weighted by atomic mass is 35.5. The van der Waals surface area contributed by atoms with E-state index in [1.807, 2.05) is 60.7 Å². The van der Waals surface area contributed by atoms with Gasteiger partial charge in [-0.15, -0.1) is 0 Å². The third kappa shape index (κ3) is 4.77. The minimum atomic E-state index is 0.473. The normalized spacial score (nSPS) is 10.7. The number of methoxy groups -OCH3 is 1. The number of hydrogen-bond donors (Lipinski definition) is 1. The molecule has 0 saturated heterocycles. The molecule has 0 aliphatic rings. The number of nitrogens with zero attached hydrogens (tertiary/aromatic N) is 1. The second kappa shape index (κ2) is 8.92. The van der Waals surface area contributed by atoms with Crippen LogP contribution in [0.4, 0.5) is 5.69 Å². The molecular formula is C21H19ClN2O2. The van der Waals surface area contributed by atoms with Crippen molar-refractivity contribution < 1.29 is 9.47 Å². The Balaban J connectivity index is 1.66. The Bertz CT molecular complexity index is 882. The molecular weight excluding hydrogens is 348 g/mol. The average molecular weight is 367 g/mol. The zero-order valence-corrected chi connectivity index (χ0v) is 15.1. The lowest BCUT2D eigenvalue weighted by Gasteiger charge is -2.09. The summed E-state index contributed by atoms with van der Waals surface area (Å²) in [4.78, 5) is 0. The van der Waals surface area contributed by atoms with Gasteiger partial charge in [0.1, 0.15) is 18.1 Å². The number of halogens is 1. The first-order valence-corrected chi connectivity index (χ1v) is 8.52. The SMILES string of the molecule is COc1ccc(N/N=C/c2ccccc2COc2ccccc2)cc1Cl. The Labute approximate surface area is 158 Å². The number of ether oxygens (including phenoxy) is 2. The molecule has 132 valence electrons. The summed E-state index contributed by atoms with van der Waals surface area (Å²) in [6.45, 7) is 0.473. The summed E-state index contributed by atoms with van der Waals surface area (Å²) < 4.78 is 11.0. The molecule has 0 amide bonds. The van der Waals surface area contributed by atoms with Crippen LogP contribution in [0.15, 0.2) is 77.9 Å². The maximum atomic E-state index is 6.12. The molecule has 0 radical (unpaired) electrons. The van der Waals surface area contributed by atoms with Gasteiger partial charge in [-0.05, 0) is 35.9 Å². The first kappa shape index (κ1) is 17.8. The van der Waals surface area contributed by atoms with E-state index in [2.05, 4.69) is 10.5 Å². The average Bonchev–Trinajstić information content (AvgIpc) is 2.68. The van der Waals surface area contributed by atoms with Gasteiger partial charge in [0.25, 0.3) is 0 Å². The molecule has 3 rings (SSSR count). The fraction of sp³-hybridized carbons (Fsp3) is 0.0952. The number of hydrogen-bond acceptors (Lipinski definition) is 4. The van der Waals surface area contributed by atoms with Crippen LogP contribution in [0.2, 0.25) is 5.02 Å². The lowest BCUT2D eigenvalue weighted by atomic mass is 10.1. The summed E-state index contributed by atoms with van der Waals surface area (Å²) in [5, 5.41) is 4.83. The van der Waals surface area contributed by atoms with Crippen molar-refractivity contribution in [2.45, 2.75) is 6.61 Å². The van der Waals surface area contributed by atoms with Gasteiger partial charge in [-0.25, -0.2) is 0 Å². The molecule has 4 nitrogen and oxygen atoms in total. The molecule has 0 saturated carbocycles. The molecule has 0 aliphatic heterocycles. The van der Waals surface area contributed by atoms with Gasteiger partial charge >= 0.3 is 0 Å². The minimum Gasteiger partial charge on any atom is -0.495 e. The largest absolute Gasteiger partial charge is 0.495 e. The lowest BCUT2D eigenvalue weighted by molar-refractivity contribution is 0.306. The summed E-state index contributed by atoms with van der Waals surface area (Å²) >= 11 is 6.12. The van der Waals surface area contributed by atoms with Crippen molar-refractivity contribution in [1.29, 1.82) is 0 Å². The maximum absolute atomic E-state index is 6.12. The Morgan fingerprint density at radius 3 is 2.54 bits per heavy atom. The number of rotatable bonds is 7. The number of nitrogens with one attached hydrogen (secondary N) is 1. The summed E-state index contributed by atoms with van der Waals surface area (Å²) in [6, 6.07) is 23.1. The highest BCUT2D eigenvalue weighted by molar-refractivity contribution is 6.32. The van der Waals surface area contributed by atoms with Crippen molar-refractivity contribution >= 4 is 23.5 Å². The van der Waals surface area contributed by atoms with E-state index in [0.717, 1.165) is 22.6 Å². The topological polar surface area (TPSA) is 42.8 Å². The van der Waals surface area contributed by atoms with Gasteiger partial charge in [-0.1, -0.05) is 54.1 Å². The fourth-order valence-corrected chi connectivity index (χ4v) is 2.64. The van der Waals surface area contributed by atoms with Crippen LogP contribution < -0.4 is 14.9 Å². The summed E-state index contributed by atoms with van der Waals surface area (Å²) in [5.74, 6) is 1.47. The molecule has 3 aromatic carbocycles. The van der Waals surface area contributed by atoms with Crippen molar-refractivity contribution in [3.8, 4) is 11.5 Å². The van der Waals surface area contributed by atoms with E-state index >= 15 is 0 Å². The summed E-state index contributed by atoms with van der Waals surface area (Å²) in [5.41, 5.74) is 5.79. The van der Waals surface area contributed by atoms with Gasteiger partial charge in [0.2, 0.25) is 0 Å². The van der Waals surface area contributed by atoms with Crippen LogP contribution >= 0.6 is 11.6 Å². The Kier molecular flexibility index (Phi) is 6.12. The van der Waals surface area contributed by atoms with Crippen molar-refractivity contribution in [3.05, 3.63) is 88.9 Å². The van der Waals surface area contributed by atoms with E-state index in [1.165, 1.54) is 0 Å². The van der Waals surface area contributed by atoms with Crippen LogP contribution in [0.5, 0.6) is 11.5 Å². The van der Waals surface area contributed by atoms with Gasteiger partial charge in [0.05, 0.1) is 24.0 Å². The van der Waals surface area contributed by atoms with Crippen molar-refractivity contribution in [2.75, 3.05) is 12.5 Å². The second-order valence-electron chi connectivity index (χ2n) is 5.52. The molecule has 0 aliphatic carbocycles. The summed E-state index contributed by atoms with van der Waals surface area (Å²) in [7, 11) is 1.58. The quantitative estimate of drug-likeness (QED) is 0.451. The second-order valence-corrected chi connectivity index (χ2v) is 5.93. The van der Waals surface area contributed by atoms with Gasteiger partial charge in [0, 0.05) is 5.56 Å². The number of para-hydroxylation sites is 1. The van der Waals surface area contributed by atoms with Crippen LogP contribution in [0.3, 0.4) is 0 Å². The van der Waals surface area contributed by atoms with Gasteiger partial charge < -0.3 is 9.47 Å². The molecule has 0 atom stereocenters. The van der Waals surface area contributed by atoms with Crippen molar-refractivity contribution in [3.63, 3.8) is 0 Å². The predicted molar refractivity (Wildman–Crippen MR) is 106 cm³/mol. The molecule has 0 aromatic heterocycles. The van der Waals surface area contributed by atoms with E-state index in [4.69, 9.17) is 21.1 Å². The van der Waals surface area contributed by atoms with E-state index in [-0.39, 0.29) is 0 Å². The summed E-state index contributed by atoms with van der Waals surface area (Å²) in [6.07, 6.45) is 1.77. The third-order valence-corrected chi connectivity index (χ3v) is 4.04. The predicted octanol–water partition coefficient (Wildman–Crippen LogP) is 5.37. The monoisotopic (exact) mass is 366 g/mol. The smallest absolute Gasteiger partial charge is 0.137 e. The Morgan fingerprint density at radius 1 is 1.00 bits per heavy atom. The van der Waals surface area contributed by atoms with E-state index in [0.29, 0.717) is 17.4 Å². The van der Waals surface area contributed by atoms with Crippen molar-refractivity contribution in [1.82, 2.24) is 0 Å². The first-order valence-electron chi connectivity index (χ1n) is 8.14. The first-order chi connectivity index (χ1) is 12.8. The Morgan fingerprint density at radius 2 is 1.77 bits per heavy atom. The van der Waals surface area contributed by atoms with E-state index in [9.17, 15) is 0 Å². The molecule has 0 unspecified atom stereocenters. The minimum absolute atomic E-state index is 0.473.